The minimum Gasteiger partial charge on any atom is -0.393 e. The van der Waals surface area contributed by atoms with Gasteiger partial charge in [0.15, 0.2) is 0 Å². The second-order valence-electron chi connectivity index (χ2n) is 10.1. The van der Waals surface area contributed by atoms with Crippen LogP contribution in [0.1, 0.15) is 79.1 Å². The van der Waals surface area contributed by atoms with Crippen LogP contribution in [0.25, 0.3) is 0 Å². The summed E-state index contributed by atoms with van der Waals surface area (Å²) in [6.45, 7) is 9.24. The maximum atomic E-state index is 9.95. The third-order valence-corrected chi connectivity index (χ3v) is 7.59. The molecular weight excluding hydrogens is 344 g/mol. The molecule has 0 radical (unpaired) electrons. The van der Waals surface area contributed by atoms with Crippen LogP contribution >= 0.6 is 0 Å². The fraction of sp³-hybridized carbons (Fsp3) is 0.692. The van der Waals surface area contributed by atoms with Gasteiger partial charge in [-0.3, -0.25) is 0 Å². The van der Waals surface area contributed by atoms with Gasteiger partial charge in [-0.05, 0) is 88.4 Å². The predicted octanol–water partition coefficient (Wildman–Crippen LogP) is 6.12. The molecule has 6 atom stereocenters. The smallest absolute Gasteiger partial charge is 0.0602 e. The van der Waals surface area contributed by atoms with Crippen molar-refractivity contribution in [1.82, 2.24) is 0 Å². The normalized spacial score (nSPS) is 38.5. The quantitative estimate of drug-likeness (QED) is 0.573. The standard InChI is InChI=1S/C26H40O2/c1-18(2)7-5-8-19(3)24-12-13-25-21(9-6-14-26(24,25)4)11-10-20-15-22(27)17-23(28)16-20/h5,7-8,10-11,19,22-25,27-28H,6,9,12-17H2,1-4H3/b8-5+,21-11+/t19-,22-,23-,24-,25+,26-/m1/s1. The Labute approximate surface area is 172 Å². The molecule has 0 saturated heterocycles. The Bertz CT molecular complexity index is 652. The molecule has 0 amide bonds. The zero-order valence-electron chi connectivity index (χ0n) is 18.3. The van der Waals surface area contributed by atoms with Crippen LogP contribution < -0.4 is 0 Å². The van der Waals surface area contributed by atoms with Gasteiger partial charge in [-0.1, -0.05) is 60.9 Å². The predicted molar refractivity (Wildman–Crippen MR) is 118 cm³/mol. The number of aliphatic hydroxyl groups is 2. The van der Waals surface area contributed by atoms with Gasteiger partial charge in [-0.25, -0.2) is 0 Å². The zero-order chi connectivity index (χ0) is 20.3. The second-order valence-corrected chi connectivity index (χ2v) is 10.1. The minimum atomic E-state index is -0.380. The van der Waals surface area contributed by atoms with E-state index in [1.165, 1.54) is 43.3 Å². The first-order valence-corrected chi connectivity index (χ1v) is 11.4. The highest BCUT2D eigenvalue weighted by Gasteiger charge is 2.50. The van der Waals surface area contributed by atoms with E-state index in [0.717, 1.165) is 18.8 Å². The van der Waals surface area contributed by atoms with Crippen molar-refractivity contribution < 1.29 is 10.2 Å². The van der Waals surface area contributed by atoms with Gasteiger partial charge >= 0.3 is 0 Å². The Hall–Kier alpha value is -1.12. The Morgan fingerprint density at radius 3 is 2.50 bits per heavy atom. The summed E-state index contributed by atoms with van der Waals surface area (Å²) in [6, 6.07) is 0. The highest BCUT2D eigenvalue weighted by molar-refractivity contribution is 5.26. The molecule has 0 heterocycles. The highest BCUT2D eigenvalue weighted by Crippen LogP contribution is 2.59. The van der Waals surface area contributed by atoms with Gasteiger partial charge in [0.1, 0.15) is 0 Å². The van der Waals surface area contributed by atoms with Crippen molar-refractivity contribution >= 4 is 0 Å². The third-order valence-electron chi connectivity index (χ3n) is 7.59. The lowest BCUT2D eigenvalue weighted by Gasteiger charge is -2.44. The SMILES string of the molecule is CC(C)=C/C=C/[C@@H](C)[C@H]1CC[C@H]2/C(=C/C=C3C[C@@H](O)C[C@H](O)C3)CCC[C@]12C. The van der Waals surface area contributed by atoms with Crippen molar-refractivity contribution in [3.05, 3.63) is 47.1 Å². The van der Waals surface area contributed by atoms with Gasteiger partial charge in [0.05, 0.1) is 12.2 Å². The van der Waals surface area contributed by atoms with Crippen molar-refractivity contribution in [3.63, 3.8) is 0 Å². The lowest BCUT2D eigenvalue weighted by molar-refractivity contribution is 0.0609. The Kier molecular flexibility index (Phi) is 7.04. The lowest BCUT2D eigenvalue weighted by atomic mass is 9.61. The van der Waals surface area contributed by atoms with Crippen LogP contribution in [0, 0.1) is 23.2 Å². The molecule has 28 heavy (non-hydrogen) atoms. The van der Waals surface area contributed by atoms with Crippen LogP contribution in [0.2, 0.25) is 0 Å². The molecule has 3 rings (SSSR count). The average molecular weight is 385 g/mol. The second kappa shape index (κ2) is 9.13. The number of allylic oxidation sites excluding steroid dienone is 7. The summed E-state index contributed by atoms with van der Waals surface area (Å²) in [6.07, 6.45) is 19.1. The van der Waals surface area contributed by atoms with E-state index in [2.05, 4.69) is 58.1 Å². The summed E-state index contributed by atoms with van der Waals surface area (Å²) in [5.41, 5.74) is 4.58. The molecule has 3 aliphatic rings. The van der Waals surface area contributed by atoms with Crippen molar-refractivity contribution in [1.29, 1.82) is 0 Å². The average Bonchev–Trinajstić information content (AvgIpc) is 2.96. The maximum Gasteiger partial charge on any atom is 0.0602 e. The molecular formula is C26H40O2. The molecule has 2 heteroatoms. The van der Waals surface area contributed by atoms with E-state index >= 15 is 0 Å². The van der Waals surface area contributed by atoms with Gasteiger partial charge in [-0.15, -0.1) is 0 Å². The number of hydrogen-bond donors (Lipinski definition) is 2. The van der Waals surface area contributed by atoms with Crippen molar-refractivity contribution in [3.8, 4) is 0 Å². The van der Waals surface area contributed by atoms with Crippen molar-refractivity contribution in [2.75, 3.05) is 0 Å². The van der Waals surface area contributed by atoms with E-state index < -0.39 is 0 Å². The van der Waals surface area contributed by atoms with Crippen molar-refractivity contribution in [2.45, 2.75) is 91.3 Å². The largest absolute Gasteiger partial charge is 0.393 e. The molecule has 2 N–H and O–H groups in total. The molecule has 3 saturated carbocycles. The van der Waals surface area contributed by atoms with E-state index in [-0.39, 0.29) is 12.2 Å². The van der Waals surface area contributed by atoms with Gasteiger partial charge in [0, 0.05) is 0 Å². The topological polar surface area (TPSA) is 40.5 Å². The highest BCUT2D eigenvalue weighted by atomic mass is 16.3. The van der Waals surface area contributed by atoms with Crippen LogP contribution in [0.5, 0.6) is 0 Å². The third kappa shape index (κ3) is 4.89. The van der Waals surface area contributed by atoms with Crippen LogP contribution in [-0.4, -0.2) is 22.4 Å². The number of fused-ring (bicyclic) bond motifs is 1. The van der Waals surface area contributed by atoms with Gasteiger partial charge < -0.3 is 10.2 Å². The first kappa shape index (κ1) is 21.6. The first-order valence-electron chi connectivity index (χ1n) is 11.4. The number of aliphatic hydroxyl groups excluding tert-OH is 2. The summed E-state index contributed by atoms with van der Waals surface area (Å²) in [7, 11) is 0. The first-order chi connectivity index (χ1) is 13.3. The van der Waals surface area contributed by atoms with E-state index in [1.54, 1.807) is 5.57 Å². The molecule has 3 fully saturated rings. The lowest BCUT2D eigenvalue weighted by Crippen LogP contribution is -2.35. The number of hydrogen-bond acceptors (Lipinski definition) is 2. The van der Waals surface area contributed by atoms with E-state index in [9.17, 15) is 10.2 Å². The Morgan fingerprint density at radius 1 is 1.11 bits per heavy atom. The summed E-state index contributed by atoms with van der Waals surface area (Å²) in [5.74, 6) is 2.07. The van der Waals surface area contributed by atoms with E-state index in [1.807, 2.05) is 0 Å². The zero-order valence-corrected chi connectivity index (χ0v) is 18.3. The van der Waals surface area contributed by atoms with Crippen LogP contribution in [0.3, 0.4) is 0 Å². The van der Waals surface area contributed by atoms with Gasteiger partial charge in [-0.2, -0.15) is 0 Å². The van der Waals surface area contributed by atoms with Crippen LogP contribution in [0.4, 0.5) is 0 Å². The molecule has 156 valence electrons. The molecule has 2 nitrogen and oxygen atoms in total. The minimum absolute atomic E-state index is 0.380. The number of rotatable bonds is 4. The molecule has 0 aromatic rings. The van der Waals surface area contributed by atoms with Crippen LogP contribution in [0.15, 0.2) is 47.1 Å². The van der Waals surface area contributed by atoms with Gasteiger partial charge in [0.25, 0.3) is 0 Å². The summed E-state index contributed by atoms with van der Waals surface area (Å²) in [5, 5.41) is 19.9. The Morgan fingerprint density at radius 2 is 1.82 bits per heavy atom. The summed E-state index contributed by atoms with van der Waals surface area (Å²) < 4.78 is 0. The van der Waals surface area contributed by atoms with Crippen molar-refractivity contribution in [2.24, 2.45) is 23.2 Å². The summed E-state index contributed by atoms with van der Waals surface area (Å²) >= 11 is 0. The monoisotopic (exact) mass is 384 g/mol. The van der Waals surface area contributed by atoms with Gasteiger partial charge in [0.2, 0.25) is 0 Å². The molecule has 3 aliphatic carbocycles. The molecule has 0 aliphatic heterocycles. The fourth-order valence-electron chi connectivity index (χ4n) is 6.23. The molecule has 0 spiro atoms. The van der Waals surface area contributed by atoms with Crippen LogP contribution in [-0.2, 0) is 0 Å². The van der Waals surface area contributed by atoms with E-state index in [4.69, 9.17) is 0 Å². The molecule has 0 bridgehead atoms. The maximum absolute atomic E-state index is 9.95. The molecule has 0 aromatic carbocycles. The Balaban J connectivity index is 1.74. The molecule has 0 unspecified atom stereocenters. The summed E-state index contributed by atoms with van der Waals surface area (Å²) in [4.78, 5) is 0. The fourth-order valence-corrected chi connectivity index (χ4v) is 6.23. The van der Waals surface area contributed by atoms with E-state index in [0.29, 0.717) is 23.7 Å². The molecule has 0 aromatic heterocycles.